The van der Waals surface area contributed by atoms with Gasteiger partial charge < -0.3 is 18.9 Å². The molecule has 2 aromatic heterocycles. The van der Waals surface area contributed by atoms with Crippen LogP contribution < -0.4 is 9.80 Å². The van der Waals surface area contributed by atoms with Gasteiger partial charge in [-0.15, -0.1) is 0 Å². The highest BCUT2D eigenvalue weighted by Gasteiger charge is 2.28. The van der Waals surface area contributed by atoms with Crippen LogP contribution in [-0.4, -0.2) is 9.13 Å². The van der Waals surface area contributed by atoms with E-state index in [-0.39, 0.29) is 0 Å². The van der Waals surface area contributed by atoms with Crippen molar-refractivity contribution in [2.24, 2.45) is 0 Å². The SMILES string of the molecule is Clc1cc(N(c2cccc(-c3ccc4c(c3)c3ccccc3n4-c3ccccc3)c2)c2c(-c3ccccc3)cccc2-c2ccccc2)cc(N(c2cccc(-c3ccc4c(c3)c3ccccc3n4-c3ccccc3)c2)c2c(-c3ccccc3)cccc2-c2ccccc2)c1. The highest BCUT2D eigenvalue weighted by molar-refractivity contribution is 6.31. The molecule has 448 valence electrons. The van der Waals surface area contributed by atoms with Gasteiger partial charge in [-0.2, -0.15) is 0 Å². The lowest BCUT2D eigenvalue weighted by atomic mass is 9.93. The lowest BCUT2D eigenvalue weighted by Crippen LogP contribution is -2.16. The number of para-hydroxylation sites is 6. The molecule has 0 aliphatic carbocycles. The number of benzene rings is 15. The Labute approximate surface area is 558 Å². The first-order valence-electron chi connectivity index (χ1n) is 32.3. The standard InChI is InChI=1S/C90H61ClN4/c91-70-59-75(92(89-77(62-27-7-1-8-28-62)45-25-46-78(89)63-29-9-2-10-30-63)73-41-23-35-66(55-73)68-51-53-87-83(57-68)81-43-19-21-49-85(81)94(87)71-37-15-5-16-38-71)61-76(60-70)93(90-79(64-31-11-3-12-32-64)47-26-48-80(90)65-33-13-4-14-34-65)74-42-24-36-67(56-74)69-52-54-88-84(58-69)82-44-20-22-50-86(82)95(88)72-39-17-6-18-40-72/h1-61H. The Morgan fingerprint density at radius 2 is 0.495 bits per heavy atom. The first-order chi connectivity index (χ1) is 47.1. The summed E-state index contributed by atoms with van der Waals surface area (Å²) in [5.74, 6) is 0. The largest absolute Gasteiger partial charge is 0.309 e. The van der Waals surface area contributed by atoms with Crippen molar-refractivity contribution < 1.29 is 0 Å². The van der Waals surface area contributed by atoms with Gasteiger partial charge in [-0.1, -0.05) is 279 Å². The molecule has 15 aromatic carbocycles. The van der Waals surface area contributed by atoms with Gasteiger partial charge in [-0.05, 0) is 148 Å². The molecule has 0 saturated carbocycles. The Morgan fingerprint density at radius 3 is 0.863 bits per heavy atom. The van der Waals surface area contributed by atoms with Gasteiger partial charge in [0.2, 0.25) is 0 Å². The van der Waals surface area contributed by atoms with Crippen molar-refractivity contribution in [2.75, 3.05) is 9.80 Å². The van der Waals surface area contributed by atoms with Crippen LogP contribution in [0.3, 0.4) is 0 Å². The van der Waals surface area contributed by atoms with Gasteiger partial charge >= 0.3 is 0 Å². The lowest BCUT2D eigenvalue weighted by Gasteiger charge is -2.34. The summed E-state index contributed by atoms with van der Waals surface area (Å²) in [5, 5.41) is 5.37. The lowest BCUT2D eigenvalue weighted by molar-refractivity contribution is 1.18. The zero-order valence-corrected chi connectivity index (χ0v) is 52.6. The molecule has 0 radical (unpaired) electrons. The van der Waals surface area contributed by atoms with Crippen molar-refractivity contribution in [1.82, 2.24) is 9.13 Å². The van der Waals surface area contributed by atoms with Crippen molar-refractivity contribution >= 4 is 89.3 Å². The molecule has 0 aliphatic rings. The van der Waals surface area contributed by atoms with Crippen LogP contribution >= 0.6 is 11.6 Å². The van der Waals surface area contributed by atoms with Crippen LogP contribution in [0.2, 0.25) is 5.02 Å². The number of nitrogens with zero attached hydrogens (tertiary/aromatic N) is 4. The molecule has 0 N–H and O–H groups in total. The normalized spacial score (nSPS) is 11.4. The maximum absolute atomic E-state index is 7.91. The predicted molar refractivity (Wildman–Crippen MR) is 402 cm³/mol. The molecule has 0 unspecified atom stereocenters. The molecule has 0 bridgehead atoms. The average Bonchev–Trinajstić information content (AvgIpc) is 1.75. The Kier molecular flexibility index (Phi) is 14.6. The molecule has 0 fully saturated rings. The number of hydrogen-bond donors (Lipinski definition) is 0. The minimum absolute atomic E-state index is 0.581. The fourth-order valence-electron chi connectivity index (χ4n) is 14.3. The number of rotatable bonds is 14. The van der Waals surface area contributed by atoms with Gasteiger partial charge in [-0.3, -0.25) is 0 Å². The second-order valence-corrected chi connectivity index (χ2v) is 24.6. The van der Waals surface area contributed by atoms with Gasteiger partial charge in [0.1, 0.15) is 0 Å². The molecule has 95 heavy (non-hydrogen) atoms. The Bertz CT molecular complexity index is 5200. The van der Waals surface area contributed by atoms with Crippen LogP contribution in [0.4, 0.5) is 34.1 Å². The van der Waals surface area contributed by atoms with E-state index in [4.69, 9.17) is 11.6 Å². The summed E-state index contributed by atoms with van der Waals surface area (Å²) < 4.78 is 4.75. The maximum atomic E-state index is 7.91. The summed E-state index contributed by atoms with van der Waals surface area (Å²) in [6, 6.07) is 134. The van der Waals surface area contributed by atoms with E-state index in [1.807, 2.05) is 0 Å². The van der Waals surface area contributed by atoms with Crippen LogP contribution in [-0.2, 0) is 0 Å². The number of anilines is 6. The maximum Gasteiger partial charge on any atom is 0.0618 e. The molecule has 0 atom stereocenters. The van der Waals surface area contributed by atoms with Gasteiger partial charge in [0.25, 0.3) is 0 Å². The van der Waals surface area contributed by atoms with Crippen molar-refractivity contribution in [3.63, 3.8) is 0 Å². The fraction of sp³-hybridized carbons (Fsp3) is 0. The third-order valence-corrected chi connectivity index (χ3v) is 18.7. The summed E-state index contributed by atoms with van der Waals surface area (Å²) in [5.41, 5.74) is 25.7. The third-order valence-electron chi connectivity index (χ3n) is 18.5. The molecule has 4 nitrogen and oxygen atoms in total. The van der Waals surface area contributed by atoms with E-state index in [9.17, 15) is 0 Å². The van der Waals surface area contributed by atoms with E-state index in [2.05, 4.69) is 389 Å². The predicted octanol–water partition coefficient (Wildman–Crippen LogP) is 25.5. The molecule has 17 rings (SSSR count). The van der Waals surface area contributed by atoms with E-state index in [1.54, 1.807) is 0 Å². The van der Waals surface area contributed by atoms with Gasteiger partial charge in [0.15, 0.2) is 0 Å². The fourth-order valence-corrected chi connectivity index (χ4v) is 14.5. The topological polar surface area (TPSA) is 16.3 Å². The van der Waals surface area contributed by atoms with Crippen LogP contribution in [0.5, 0.6) is 0 Å². The molecule has 17 aromatic rings. The van der Waals surface area contributed by atoms with Crippen molar-refractivity contribution in [2.45, 2.75) is 0 Å². The molecule has 0 saturated heterocycles. The van der Waals surface area contributed by atoms with Crippen LogP contribution in [0.15, 0.2) is 370 Å². The van der Waals surface area contributed by atoms with E-state index in [0.29, 0.717) is 5.02 Å². The first-order valence-corrected chi connectivity index (χ1v) is 32.7. The summed E-state index contributed by atoms with van der Waals surface area (Å²) in [4.78, 5) is 4.89. The number of fused-ring (bicyclic) bond motifs is 6. The molecule has 0 spiro atoms. The molecular weight excluding hydrogens is 1170 g/mol. The van der Waals surface area contributed by atoms with Gasteiger partial charge in [-0.25, -0.2) is 0 Å². The van der Waals surface area contributed by atoms with Crippen LogP contribution in [0.25, 0.3) is 122 Å². The Balaban J connectivity index is 0.910. The van der Waals surface area contributed by atoms with Crippen LogP contribution in [0, 0.1) is 0 Å². The van der Waals surface area contributed by atoms with Crippen LogP contribution in [0.1, 0.15) is 0 Å². The Morgan fingerprint density at radius 1 is 0.200 bits per heavy atom. The summed E-state index contributed by atoms with van der Waals surface area (Å²) >= 11 is 7.91. The summed E-state index contributed by atoms with van der Waals surface area (Å²) in [7, 11) is 0. The number of aromatic nitrogens is 2. The quantitative estimate of drug-likeness (QED) is 0.108. The minimum Gasteiger partial charge on any atom is -0.309 e. The second kappa shape index (κ2) is 24.4. The molecule has 0 aliphatic heterocycles. The highest BCUT2D eigenvalue weighted by Crippen LogP contribution is 2.53. The molecule has 0 amide bonds. The van der Waals surface area contributed by atoms with Gasteiger partial charge in [0, 0.05) is 82.9 Å². The average molecular weight is 1230 g/mol. The van der Waals surface area contributed by atoms with E-state index in [0.717, 1.165) is 123 Å². The van der Waals surface area contributed by atoms with Crippen molar-refractivity contribution in [3.05, 3.63) is 375 Å². The minimum atomic E-state index is 0.581. The first kappa shape index (κ1) is 56.7. The zero-order chi connectivity index (χ0) is 63.2. The van der Waals surface area contributed by atoms with Crippen molar-refractivity contribution in [1.29, 1.82) is 0 Å². The van der Waals surface area contributed by atoms with Crippen molar-refractivity contribution in [3.8, 4) is 78.1 Å². The van der Waals surface area contributed by atoms with E-state index >= 15 is 0 Å². The van der Waals surface area contributed by atoms with Gasteiger partial charge in [0.05, 0.1) is 33.4 Å². The second-order valence-electron chi connectivity index (χ2n) is 24.1. The highest BCUT2D eigenvalue weighted by atomic mass is 35.5. The zero-order valence-electron chi connectivity index (χ0n) is 51.9. The summed E-state index contributed by atoms with van der Waals surface area (Å²) in [6.45, 7) is 0. The monoisotopic (exact) mass is 1230 g/mol. The third kappa shape index (κ3) is 10.4. The molecule has 5 heteroatoms. The number of halogens is 1. The Hall–Kier alpha value is -12.2. The van der Waals surface area contributed by atoms with E-state index in [1.165, 1.54) is 32.6 Å². The molecule has 2 heterocycles. The smallest absolute Gasteiger partial charge is 0.0618 e. The summed E-state index contributed by atoms with van der Waals surface area (Å²) in [6.07, 6.45) is 0. The molecular formula is C90H61ClN4. The number of hydrogen-bond acceptors (Lipinski definition) is 2. The van der Waals surface area contributed by atoms with E-state index < -0.39 is 0 Å².